The standard InChI is InChI=1S/C7H14N2O2/c1-11-7(10)2-5-3-9-4-6(5)8/h5-6,9H,2-4,8H2,1H3/t5-,6+/m0/s1. The van der Waals surface area contributed by atoms with E-state index >= 15 is 0 Å². The van der Waals surface area contributed by atoms with E-state index in [0.717, 1.165) is 13.1 Å². The monoisotopic (exact) mass is 158 g/mol. The molecule has 3 N–H and O–H groups in total. The SMILES string of the molecule is COC(=O)C[C@H]1CNC[C@H]1N. The number of esters is 1. The van der Waals surface area contributed by atoms with Crippen molar-refractivity contribution in [3.8, 4) is 0 Å². The zero-order valence-corrected chi connectivity index (χ0v) is 6.67. The third-order valence-corrected chi connectivity index (χ3v) is 2.05. The molecule has 1 heterocycles. The maximum Gasteiger partial charge on any atom is 0.305 e. The molecule has 0 radical (unpaired) electrons. The fourth-order valence-corrected chi connectivity index (χ4v) is 1.27. The summed E-state index contributed by atoms with van der Waals surface area (Å²) in [5.74, 6) is 0.0802. The Labute approximate surface area is 66.1 Å². The highest BCUT2D eigenvalue weighted by molar-refractivity contribution is 5.69. The molecule has 1 aliphatic rings. The van der Waals surface area contributed by atoms with Crippen LogP contribution in [0.15, 0.2) is 0 Å². The van der Waals surface area contributed by atoms with Crippen molar-refractivity contribution in [1.82, 2.24) is 5.32 Å². The first-order valence-electron chi connectivity index (χ1n) is 3.77. The van der Waals surface area contributed by atoms with E-state index in [1.54, 1.807) is 0 Å². The third kappa shape index (κ3) is 2.17. The maximum absolute atomic E-state index is 10.8. The molecule has 1 aliphatic heterocycles. The highest BCUT2D eigenvalue weighted by Crippen LogP contribution is 2.11. The van der Waals surface area contributed by atoms with Crippen LogP contribution in [-0.4, -0.2) is 32.2 Å². The van der Waals surface area contributed by atoms with Crippen molar-refractivity contribution in [3.05, 3.63) is 0 Å². The Morgan fingerprint density at radius 2 is 2.45 bits per heavy atom. The van der Waals surface area contributed by atoms with Gasteiger partial charge >= 0.3 is 5.97 Å². The van der Waals surface area contributed by atoms with E-state index in [2.05, 4.69) is 10.1 Å². The minimum atomic E-state index is -0.172. The molecule has 1 fully saturated rings. The molecule has 0 amide bonds. The van der Waals surface area contributed by atoms with Crippen molar-refractivity contribution in [3.63, 3.8) is 0 Å². The summed E-state index contributed by atoms with van der Waals surface area (Å²) in [5, 5.41) is 3.12. The third-order valence-electron chi connectivity index (χ3n) is 2.05. The van der Waals surface area contributed by atoms with Gasteiger partial charge in [-0.1, -0.05) is 0 Å². The molecule has 0 aliphatic carbocycles. The van der Waals surface area contributed by atoms with Crippen LogP contribution in [-0.2, 0) is 9.53 Å². The normalized spacial score (nSPS) is 30.4. The smallest absolute Gasteiger partial charge is 0.305 e. The van der Waals surface area contributed by atoms with Gasteiger partial charge in [0.05, 0.1) is 13.5 Å². The molecule has 0 aromatic carbocycles. The van der Waals surface area contributed by atoms with Crippen molar-refractivity contribution >= 4 is 5.97 Å². The van der Waals surface area contributed by atoms with Gasteiger partial charge < -0.3 is 15.8 Å². The number of hydrogen-bond acceptors (Lipinski definition) is 4. The molecule has 64 valence electrons. The van der Waals surface area contributed by atoms with Crippen molar-refractivity contribution in [2.24, 2.45) is 11.7 Å². The fourth-order valence-electron chi connectivity index (χ4n) is 1.27. The van der Waals surface area contributed by atoms with E-state index in [4.69, 9.17) is 5.73 Å². The van der Waals surface area contributed by atoms with Crippen LogP contribution in [0.25, 0.3) is 0 Å². The molecular formula is C7H14N2O2. The number of hydrogen-bond donors (Lipinski definition) is 2. The van der Waals surface area contributed by atoms with E-state index < -0.39 is 0 Å². The Hall–Kier alpha value is -0.610. The summed E-state index contributed by atoms with van der Waals surface area (Å²) < 4.78 is 4.54. The van der Waals surface area contributed by atoms with E-state index in [1.165, 1.54) is 7.11 Å². The number of nitrogens with one attached hydrogen (secondary N) is 1. The molecule has 0 bridgehead atoms. The predicted molar refractivity (Wildman–Crippen MR) is 41.0 cm³/mol. The lowest BCUT2D eigenvalue weighted by Gasteiger charge is -2.11. The summed E-state index contributed by atoms with van der Waals surface area (Å²) in [7, 11) is 1.40. The maximum atomic E-state index is 10.8. The van der Waals surface area contributed by atoms with Crippen molar-refractivity contribution in [2.45, 2.75) is 12.5 Å². The summed E-state index contributed by atoms with van der Waals surface area (Å²) in [5.41, 5.74) is 5.71. The van der Waals surface area contributed by atoms with Gasteiger partial charge in [0.25, 0.3) is 0 Å². The molecule has 0 saturated carbocycles. The molecule has 0 spiro atoms. The highest BCUT2D eigenvalue weighted by Gasteiger charge is 2.25. The largest absolute Gasteiger partial charge is 0.469 e. The van der Waals surface area contributed by atoms with Crippen LogP contribution in [0.4, 0.5) is 0 Å². The predicted octanol–water partition coefficient (Wildman–Crippen LogP) is -0.904. The van der Waals surface area contributed by atoms with Gasteiger partial charge in [0.15, 0.2) is 0 Å². The van der Waals surface area contributed by atoms with Crippen LogP contribution in [0.3, 0.4) is 0 Å². The quantitative estimate of drug-likeness (QED) is 0.511. The first-order valence-corrected chi connectivity index (χ1v) is 3.77. The summed E-state index contributed by atoms with van der Waals surface area (Å²) >= 11 is 0. The first-order chi connectivity index (χ1) is 5.24. The summed E-state index contributed by atoms with van der Waals surface area (Å²) in [6.45, 7) is 1.64. The molecule has 0 aromatic heterocycles. The van der Waals surface area contributed by atoms with Crippen LogP contribution >= 0.6 is 0 Å². The lowest BCUT2D eigenvalue weighted by molar-refractivity contribution is -0.141. The topological polar surface area (TPSA) is 64.3 Å². The van der Waals surface area contributed by atoms with Gasteiger partial charge in [-0.05, 0) is 5.92 Å². The number of carbonyl (C=O) groups is 1. The molecule has 11 heavy (non-hydrogen) atoms. The van der Waals surface area contributed by atoms with Gasteiger partial charge in [-0.15, -0.1) is 0 Å². The minimum absolute atomic E-state index is 0.106. The molecular weight excluding hydrogens is 144 g/mol. The van der Waals surface area contributed by atoms with Gasteiger partial charge in [0, 0.05) is 19.1 Å². The molecule has 1 saturated heterocycles. The number of methoxy groups -OCH3 is 1. The molecule has 4 nitrogen and oxygen atoms in total. The fraction of sp³-hybridized carbons (Fsp3) is 0.857. The van der Waals surface area contributed by atoms with Gasteiger partial charge in [0.1, 0.15) is 0 Å². The van der Waals surface area contributed by atoms with E-state index in [9.17, 15) is 4.79 Å². The molecule has 0 aromatic rings. The lowest BCUT2D eigenvalue weighted by Crippen LogP contribution is -2.30. The Morgan fingerprint density at radius 3 is 2.91 bits per heavy atom. The van der Waals surface area contributed by atoms with Gasteiger partial charge in [-0.2, -0.15) is 0 Å². The number of nitrogens with two attached hydrogens (primary N) is 1. The van der Waals surface area contributed by atoms with Crippen molar-refractivity contribution in [2.75, 3.05) is 20.2 Å². The summed E-state index contributed by atoms with van der Waals surface area (Å²) in [6, 6.07) is 0.106. The first kappa shape index (κ1) is 8.49. The van der Waals surface area contributed by atoms with Gasteiger partial charge in [0.2, 0.25) is 0 Å². The zero-order chi connectivity index (χ0) is 8.27. The molecule has 1 rings (SSSR count). The average Bonchev–Trinajstić information content (AvgIpc) is 2.37. The van der Waals surface area contributed by atoms with E-state index in [0.29, 0.717) is 6.42 Å². The van der Waals surface area contributed by atoms with Crippen molar-refractivity contribution in [1.29, 1.82) is 0 Å². The average molecular weight is 158 g/mol. The van der Waals surface area contributed by atoms with Crippen LogP contribution < -0.4 is 11.1 Å². The summed E-state index contributed by atoms with van der Waals surface area (Å²) in [6.07, 6.45) is 0.435. The Bertz CT molecular complexity index is 149. The zero-order valence-electron chi connectivity index (χ0n) is 6.67. The molecule has 2 atom stereocenters. The number of ether oxygens (including phenoxy) is 1. The van der Waals surface area contributed by atoms with E-state index in [-0.39, 0.29) is 17.9 Å². The number of carbonyl (C=O) groups excluding carboxylic acids is 1. The highest BCUT2D eigenvalue weighted by atomic mass is 16.5. The second-order valence-corrected chi connectivity index (χ2v) is 2.86. The molecule has 0 unspecified atom stereocenters. The van der Waals surface area contributed by atoms with Crippen LogP contribution in [0.2, 0.25) is 0 Å². The summed E-state index contributed by atoms with van der Waals surface area (Å²) in [4.78, 5) is 10.8. The minimum Gasteiger partial charge on any atom is -0.469 e. The lowest BCUT2D eigenvalue weighted by atomic mass is 10.0. The Morgan fingerprint density at radius 1 is 1.73 bits per heavy atom. The van der Waals surface area contributed by atoms with Crippen LogP contribution in [0.1, 0.15) is 6.42 Å². The second kappa shape index (κ2) is 3.69. The van der Waals surface area contributed by atoms with Crippen LogP contribution in [0, 0.1) is 5.92 Å². The number of rotatable bonds is 2. The van der Waals surface area contributed by atoms with Crippen molar-refractivity contribution < 1.29 is 9.53 Å². The Kier molecular flexibility index (Phi) is 2.84. The second-order valence-electron chi connectivity index (χ2n) is 2.86. The Balaban J connectivity index is 2.30. The van der Waals surface area contributed by atoms with E-state index in [1.807, 2.05) is 0 Å². The van der Waals surface area contributed by atoms with Gasteiger partial charge in [-0.3, -0.25) is 4.79 Å². The van der Waals surface area contributed by atoms with Crippen LogP contribution in [0.5, 0.6) is 0 Å². The van der Waals surface area contributed by atoms with Gasteiger partial charge in [-0.25, -0.2) is 0 Å². The molecule has 4 heteroatoms.